The first-order valence-corrected chi connectivity index (χ1v) is 8.06. The molecule has 0 spiro atoms. The summed E-state index contributed by atoms with van der Waals surface area (Å²) in [5.41, 5.74) is 4.58. The average molecular weight is 309 g/mol. The van der Waals surface area contributed by atoms with E-state index in [-0.39, 0.29) is 16.7 Å². The number of aromatic nitrogens is 2. The van der Waals surface area contributed by atoms with E-state index in [1.54, 1.807) is 18.6 Å². The topological polar surface area (TPSA) is 49.6 Å². The van der Waals surface area contributed by atoms with Gasteiger partial charge in [-0.2, -0.15) is 0 Å². The molecule has 0 saturated heterocycles. The Kier molecular flexibility index (Phi) is 4.69. The number of hydrogen-bond acceptors (Lipinski definition) is 3. The molecular weight excluding hydrogens is 282 g/mol. The van der Waals surface area contributed by atoms with E-state index in [0.29, 0.717) is 0 Å². The second-order valence-corrected chi connectivity index (χ2v) is 8.08. The standard InChI is InChI=1S/C20H27N3/c1-19(2,3)14-7-8-17(20(4,5)6)15(11-14)16(12-21)18-13-22-9-10-23-18/h7-13,16,21H,1-6H3. The minimum atomic E-state index is -0.166. The Morgan fingerprint density at radius 1 is 1.00 bits per heavy atom. The highest BCUT2D eigenvalue weighted by molar-refractivity contribution is 5.71. The maximum atomic E-state index is 7.97. The van der Waals surface area contributed by atoms with Crippen LogP contribution >= 0.6 is 0 Å². The zero-order chi connectivity index (χ0) is 17.3. The number of hydrogen-bond donors (Lipinski definition) is 1. The van der Waals surface area contributed by atoms with Crippen LogP contribution in [0.5, 0.6) is 0 Å². The molecule has 0 saturated carbocycles. The van der Waals surface area contributed by atoms with E-state index in [0.717, 1.165) is 11.3 Å². The highest BCUT2D eigenvalue weighted by Crippen LogP contribution is 2.35. The van der Waals surface area contributed by atoms with Crippen molar-refractivity contribution in [2.75, 3.05) is 0 Å². The Morgan fingerprint density at radius 3 is 2.17 bits per heavy atom. The van der Waals surface area contributed by atoms with Gasteiger partial charge in [-0.15, -0.1) is 0 Å². The van der Waals surface area contributed by atoms with Crippen LogP contribution in [0.25, 0.3) is 0 Å². The third-order valence-corrected chi connectivity index (χ3v) is 4.13. The number of nitrogens with zero attached hydrogens (tertiary/aromatic N) is 2. The molecule has 23 heavy (non-hydrogen) atoms. The van der Waals surface area contributed by atoms with Gasteiger partial charge in [-0.05, 0) is 27.5 Å². The third-order valence-electron chi connectivity index (χ3n) is 4.13. The summed E-state index contributed by atoms with van der Waals surface area (Å²) < 4.78 is 0. The van der Waals surface area contributed by atoms with Gasteiger partial charge in [0, 0.05) is 24.8 Å². The van der Waals surface area contributed by atoms with E-state index in [9.17, 15) is 0 Å². The van der Waals surface area contributed by atoms with Crippen LogP contribution in [0.2, 0.25) is 0 Å². The summed E-state index contributed by atoms with van der Waals surface area (Å²) in [5.74, 6) is -0.166. The van der Waals surface area contributed by atoms with Crippen molar-refractivity contribution >= 4 is 6.21 Å². The summed E-state index contributed by atoms with van der Waals surface area (Å²) in [6, 6.07) is 6.66. The van der Waals surface area contributed by atoms with Crippen molar-refractivity contribution in [3.05, 3.63) is 59.2 Å². The van der Waals surface area contributed by atoms with Crippen molar-refractivity contribution in [2.45, 2.75) is 58.3 Å². The molecule has 0 fully saturated rings. The SMILES string of the molecule is CC(C)(C)c1ccc(C(C)(C)C)c(C(C=N)c2cnccn2)c1. The van der Waals surface area contributed by atoms with E-state index in [1.807, 2.05) is 0 Å². The van der Waals surface area contributed by atoms with E-state index in [2.05, 4.69) is 69.7 Å². The van der Waals surface area contributed by atoms with E-state index in [1.165, 1.54) is 17.3 Å². The molecule has 3 nitrogen and oxygen atoms in total. The lowest BCUT2D eigenvalue weighted by molar-refractivity contribution is 0.570. The molecule has 1 heterocycles. The zero-order valence-corrected chi connectivity index (χ0v) is 15.0. The minimum absolute atomic E-state index is 0.00914. The van der Waals surface area contributed by atoms with Crippen LogP contribution in [0, 0.1) is 5.41 Å². The molecule has 1 aromatic carbocycles. The number of nitrogens with one attached hydrogen (secondary N) is 1. The van der Waals surface area contributed by atoms with Crippen LogP contribution in [-0.4, -0.2) is 16.2 Å². The maximum absolute atomic E-state index is 7.97. The quantitative estimate of drug-likeness (QED) is 0.824. The van der Waals surface area contributed by atoms with Gasteiger partial charge in [-0.25, -0.2) is 0 Å². The van der Waals surface area contributed by atoms with Gasteiger partial charge in [-0.3, -0.25) is 9.97 Å². The molecule has 0 amide bonds. The first kappa shape index (κ1) is 17.3. The first-order chi connectivity index (χ1) is 10.6. The van der Waals surface area contributed by atoms with Crippen molar-refractivity contribution in [2.24, 2.45) is 0 Å². The van der Waals surface area contributed by atoms with E-state index >= 15 is 0 Å². The molecule has 1 atom stereocenters. The first-order valence-electron chi connectivity index (χ1n) is 8.06. The van der Waals surface area contributed by atoms with E-state index in [4.69, 9.17) is 5.41 Å². The van der Waals surface area contributed by atoms with Crippen molar-refractivity contribution in [3.8, 4) is 0 Å². The van der Waals surface area contributed by atoms with Gasteiger partial charge in [0.15, 0.2) is 0 Å². The Balaban J connectivity index is 2.68. The second kappa shape index (κ2) is 6.23. The zero-order valence-electron chi connectivity index (χ0n) is 15.0. The predicted octanol–water partition coefficient (Wildman–Crippen LogP) is 4.85. The van der Waals surface area contributed by atoms with Gasteiger partial charge in [0.25, 0.3) is 0 Å². The summed E-state index contributed by atoms with van der Waals surface area (Å²) in [6.07, 6.45) is 6.59. The van der Waals surface area contributed by atoms with Crippen molar-refractivity contribution < 1.29 is 0 Å². The predicted molar refractivity (Wildman–Crippen MR) is 96.5 cm³/mol. The lowest BCUT2D eigenvalue weighted by Gasteiger charge is -2.29. The Bertz CT molecular complexity index is 676. The molecule has 122 valence electrons. The molecule has 0 aliphatic heterocycles. The smallest absolute Gasteiger partial charge is 0.0714 e. The Hall–Kier alpha value is -2.03. The fourth-order valence-corrected chi connectivity index (χ4v) is 2.78. The van der Waals surface area contributed by atoms with Gasteiger partial charge in [0.05, 0.1) is 11.6 Å². The largest absolute Gasteiger partial charge is 0.312 e. The molecule has 0 aliphatic carbocycles. The molecule has 3 heteroatoms. The van der Waals surface area contributed by atoms with Crippen molar-refractivity contribution in [1.29, 1.82) is 5.41 Å². The summed E-state index contributed by atoms with van der Waals surface area (Å²) in [5, 5.41) is 7.97. The van der Waals surface area contributed by atoms with Gasteiger partial charge in [-0.1, -0.05) is 59.7 Å². The molecule has 1 aromatic heterocycles. The lowest BCUT2D eigenvalue weighted by atomic mass is 9.76. The van der Waals surface area contributed by atoms with Gasteiger partial charge in [0.1, 0.15) is 0 Å². The molecule has 1 unspecified atom stereocenters. The maximum Gasteiger partial charge on any atom is 0.0714 e. The normalized spacial score (nSPS) is 13.7. The van der Waals surface area contributed by atoms with Gasteiger partial charge < -0.3 is 5.41 Å². The van der Waals surface area contributed by atoms with Crippen LogP contribution < -0.4 is 0 Å². The molecule has 0 aliphatic rings. The average Bonchev–Trinajstić information content (AvgIpc) is 2.47. The Morgan fingerprint density at radius 2 is 1.70 bits per heavy atom. The van der Waals surface area contributed by atoms with Crippen LogP contribution in [0.3, 0.4) is 0 Å². The second-order valence-electron chi connectivity index (χ2n) is 8.08. The van der Waals surface area contributed by atoms with E-state index < -0.39 is 0 Å². The molecule has 1 N–H and O–H groups in total. The number of rotatable bonds is 3. The van der Waals surface area contributed by atoms with Crippen molar-refractivity contribution in [3.63, 3.8) is 0 Å². The van der Waals surface area contributed by atoms with Crippen molar-refractivity contribution in [1.82, 2.24) is 9.97 Å². The molecule has 0 radical (unpaired) electrons. The fourth-order valence-electron chi connectivity index (χ4n) is 2.78. The molecule has 2 aromatic rings. The third kappa shape index (κ3) is 3.84. The van der Waals surface area contributed by atoms with Crippen LogP contribution in [0.15, 0.2) is 36.8 Å². The lowest BCUT2D eigenvalue weighted by Crippen LogP contribution is -2.20. The molecular formula is C20H27N3. The summed E-state index contributed by atoms with van der Waals surface area (Å²) in [6.45, 7) is 13.3. The fraction of sp³-hybridized carbons (Fsp3) is 0.450. The van der Waals surface area contributed by atoms with Crippen LogP contribution in [0.4, 0.5) is 0 Å². The Labute approximate surface area is 139 Å². The van der Waals surface area contributed by atoms with Gasteiger partial charge in [0.2, 0.25) is 0 Å². The van der Waals surface area contributed by atoms with Gasteiger partial charge >= 0.3 is 0 Å². The summed E-state index contributed by atoms with van der Waals surface area (Å²) >= 11 is 0. The summed E-state index contributed by atoms with van der Waals surface area (Å²) in [7, 11) is 0. The highest BCUT2D eigenvalue weighted by Gasteiger charge is 2.26. The number of benzene rings is 1. The minimum Gasteiger partial charge on any atom is -0.312 e. The molecule has 0 bridgehead atoms. The monoisotopic (exact) mass is 309 g/mol. The highest BCUT2D eigenvalue weighted by atomic mass is 14.8. The van der Waals surface area contributed by atoms with Crippen LogP contribution in [0.1, 0.15) is 69.8 Å². The summed E-state index contributed by atoms with van der Waals surface area (Å²) in [4.78, 5) is 8.60. The molecule has 2 rings (SSSR count). The van der Waals surface area contributed by atoms with Crippen LogP contribution in [-0.2, 0) is 10.8 Å².